The molecule has 5 nitrogen and oxygen atoms in total. The van der Waals surface area contributed by atoms with E-state index in [0.29, 0.717) is 0 Å². The van der Waals surface area contributed by atoms with Crippen molar-refractivity contribution in [1.82, 2.24) is 4.72 Å². The average Bonchev–Trinajstić information content (AvgIpc) is 2.75. The van der Waals surface area contributed by atoms with Crippen LogP contribution in [-0.2, 0) is 14.8 Å². The summed E-state index contributed by atoms with van der Waals surface area (Å²) < 4.78 is 31.0. The molecule has 0 saturated heterocycles. The van der Waals surface area contributed by atoms with Crippen LogP contribution in [0.1, 0.15) is 6.92 Å². The summed E-state index contributed by atoms with van der Waals surface area (Å²) in [6.07, 6.45) is -0.969. The van der Waals surface area contributed by atoms with Gasteiger partial charge < -0.3 is 4.74 Å². The van der Waals surface area contributed by atoms with Crippen LogP contribution in [0.25, 0.3) is 10.1 Å². The van der Waals surface area contributed by atoms with E-state index in [9.17, 15) is 13.2 Å². The third-order valence-electron chi connectivity index (χ3n) is 2.23. The first-order chi connectivity index (χ1) is 8.53. The number of hydrogen-bond acceptors (Lipinski definition) is 5. The van der Waals surface area contributed by atoms with Crippen LogP contribution >= 0.6 is 11.3 Å². The summed E-state index contributed by atoms with van der Waals surface area (Å²) in [4.78, 5) is 11.2. The van der Waals surface area contributed by atoms with E-state index in [0.717, 1.165) is 10.1 Å². The van der Waals surface area contributed by atoms with Crippen LogP contribution < -0.4 is 4.72 Å². The van der Waals surface area contributed by atoms with Gasteiger partial charge in [0.2, 0.25) is 0 Å². The molecule has 0 aliphatic heterocycles. The number of hydrogen-bond donors (Lipinski definition) is 1. The van der Waals surface area contributed by atoms with Gasteiger partial charge in [0.05, 0.1) is 11.5 Å². The van der Waals surface area contributed by atoms with Crippen LogP contribution in [0.15, 0.2) is 34.5 Å². The number of benzene rings is 1. The van der Waals surface area contributed by atoms with Crippen molar-refractivity contribution in [1.29, 1.82) is 0 Å². The molecule has 0 fully saturated rings. The Kier molecular flexibility index (Phi) is 3.53. The summed E-state index contributed by atoms with van der Waals surface area (Å²) in [5, 5.41) is 2.84. The molecule has 0 aliphatic carbocycles. The number of nitrogens with one attached hydrogen (secondary N) is 1. The lowest BCUT2D eigenvalue weighted by Gasteiger charge is -2.06. The fourth-order valence-electron chi connectivity index (χ4n) is 1.43. The highest BCUT2D eigenvalue weighted by atomic mass is 32.2. The van der Waals surface area contributed by atoms with E-state index >= 15 is 0 Å². The maximum absolute atomic E-state index is 11.9. The third kappa shape index (κ3) is 2.62. The van der Waals surface area contributed by atoms with Gasteiger partial charge in [-0.2, -0.15) is 0 Å². The number of fused-ring (bicyclic) bond motifs is 1. The van der Waals surface area contributed by atoms with E-state index in [4.69, 9.17) is 0 Å². The largest absolute Gasteiger partial charge is 0.449 e. The molecule has 7 heteroatoms. The summed E-state index contributed by atoms with van der Waals surface area (Å²) >= 11 is 1.44. The molecule has 0 aliphatic rings. The average molecular weight is 285 g/mol. The van der Waals surface area contributed by atoms with Crippen molar-refractivity contribution in [2.45, 2.75) is 11.8 Å². The van der Waals surface area contributed by atoms with E-state index in [1.807, 2.05) is 16.2 Å². The molecule has 0 bridgehead atoms. The van der Waals surface area contributed by atoms with Crippen LogP contribution in [0, 0.1) is 0 Å². The monoisotopic (exact) mass is 285 g/mol. The molecule has 0 spiro atoms. The minimum absolute atomic E-state index is 0.0468. The Morgan fingerprint density at radius 1 is 1.39 bits per heavy atom. The Balaban J connectivity index is 2.31. The van der Waals surface area contributed by atoms with Crippen molar-refractivity contribution in [3.63, 3.8) is 0 Å². The normalized spacial score (nSPS) is 11.4. The number of amides is 1. The molecule has 0 radical (unpaired) electrons. The SMILES string of the molecule is CCOC(=O)NS(=O)(=O)c1ccc2ccsc2c1. The zero-order valence-electron chi connectivity index (χ0n) is 9.54. The topological polar surface area (TPSA) is 72.5 Å². The molecule has 0 saturated carbocycles. The first kappa shape index (κ1) is 12.8. The number of ether oxygens (including phenoxy) is 1. The summed E-state index contributed by atoms with van der Waals surface area (Å²) in [5.74, 6) is 0. The number of carbonyl (C=O) groups excluding carboxylic acids is 1. The zero-order valence-corrected chi connectivity index (χ0v) is 11.2. The molecule has 1 aromatic heterocycles. The van der Waals surface area contributed by atoms with E-state index in [-0.39, 0.29) is 11.5 Å². The fraction of sp³-hybridized carbons (Fsp3) is 0.182. The lowest BCUT2D eigenvalue weighted by molar-refractivity contribution is 0.158. The second-order valence-corrected chi connectivity index (χ2v) is 6.08. The molecule has 2 aromatic rings. The second-order valence-electron chi connectivity index (χ2n) is 3.45. The Labute approximate surface area is 108 Å². The standard InChI is InChI=1S/C11H11NO4S2/c1-2-16-11(13)12-18(14,15)9-4-3-8-5-6-17-10(8)7-9/h3-7H,2H2,1H3,(H,12,13). The van der Waals surface area contributed by atoms with Gasteiger partial charge in [-0.15, -0.1) is 11.3 Å². The van der Waals surface area contributed by atoms with Gasteiger partial charge in [0, 0.05) is 4.70 Å². The Morgan fingerprint density at radius 3 is 2.89 bits per heavy atom. The van der Waals surface area contributed by atoms with Crippen LogP contribution in [0.5, 0.6) is 0 Å². The lowest BCUT2D eigenvalue weighted by atomic mass is 10.3. The second kappa shape index (κ2) is 4.95. The molecule has 96 valence electrons. The predicted molar refractivity (Wildman–Crippen MR) is 69.2 cm³/mol. The van der Waals surface area contributed by atoms with Crippen molar-refractivity contribution in [3.8, 4) is 0 Å². The highest BCUT2D eigenvalue weighted by Crippen LogP contribution is 2.23. The minimum atomic E-state index is -3.87. The molecule has 1 heterocycles. The fourth-order valence-corrected chi connectivity index (χ4v) is 3.25. The molecule has 0 atom stereocenters. The zero-order chi connectivity index (χ0) is 13.2. The van der Waals surface area contributed by atoms with Gasteiger partial charge in [0.25, 0.3) is 10.0 Å². The molecule has 1 N–H and O–H groups in total. The van der Waals surface area contributed by atoms with Crippen molar-refractivity contribution in [2.75, 3.05) is 6.61 Å². The lowest BCUT2D eigenvalue weighted by Crippen LogP contribution is -2.31. The summed E-state index contributed by atoms with van der Waals surface area (Å²) in [6, 6.07) is 6.58. The van der Waals surface area contributed by atoms with Gasteiger partial charge in [-0.1, -0.05) is 6.07 Å². The molecule has 1 aromatic carbocycles. The van der Waals surface area contributed by atoms with Crippen LogP contribution in [0.3, 0.4) is 0 Å². The number of rotatable bonds is 3. The predicted octanol–water partition coefficient (Wildman–Crippen LogP) is 2.34. The van der Waals surface area contributed by atoms with E-state index < -0.39 is 16.1 Å². The molecule has 1 amide bonds. The van der Waals surface area contributed by atoms with Crippen LogP contribution in [-0.4, -0.2) is 21.1 Å². The van der Waals surface area contributed by atoms with Gasteiger partial charge in [0.15, 0.2) is 0 Å². The highest BCUT2D eigenvalue weighted by Gasteiger charge is 2.18. The third-order valence-corrected chi connectivity index (χ3v) is 4.42. The minimum Gasteiger partial charge on any atom is -0.449 e. The smallest absolute Gasteiger partial charge is 0.421 e. The van der Waals surface area contributed by atoms with E-state index in [2.05, 4.69) is 4.74 Å². The van der Waals surface area contributed by atoms with Crippen LogP contribution in [0.2, 0.25) is 0 Å². The first-order valence-corrected chi connectivity index (χ1v) is 7.56. The van der Waals surface area contributed by atoms with Gasteiger partial charge in [-0.3, -0.25) is 0 Å². The van der Waals surface area contributed by atoms with Gasteiger partial charge in [-0.25, -0.2) is 17.9 Å². The number of sulfonamides is 1. The number of carbonyl (C=O) groups is 1. The Hall–Kier alpha value is -1.60. The van der Waals surface area contributed by atoms with Gasteiger partial charge >= 0.3 is 6.09 Å². The molecular formula is C11H11NO4S2. The summed E-state index contributed by atoms with van der Waals surface area (Å²) in [5.41, 5.74) is 0. The van der Waals surface area contributed by atoms with Crippen molar-refractivity contribution in [2.24, 2.45) is 0 Å². The van der Waals surface area contributed by atoms with E-state index in [1.54, 1.807) is 13.0 Å². The maximum Gasteiger partial charge on any atom is 0.421 e. The number of thiophene rings is 1. The molecular weight excluding hydrogens is 274 g/mol. The van der Waals surface area contributed by atoms with Gasteiger partial charge in [-0.05, 0) is 35.9 Å². The summed E-state index contributed by atoms with van der Waals surface area (Å²) in [6.45, 7) is 1.72. The van der Waals surface area contributed by atoms with Crippen molar-refractivity contribution >= 4 is 37.5 Å². The Morgan fingerprint density at radius 2 is 2.17 bits per heavy atom. The molecule has 18 heavy (non-hydrogen) atoms. The quantitative estimate of drug-likeness (QED) is 0.939. The van der Waals surface area contributed by atoms with Crippen LogP contribution in [0.4, 0.5) is 4.79 Å². The van der Waals surface area contributed by atoms with E-state index in [1.165, 1.54) is 23.5 Å². The maximum atomic E-state index is 11.9. The summed E-state index contributed by atoms with van der Waals surface area (Å²) in [7, 11) is -3.87. The van der Waals surface area contributed by atoms with Crippen molar-refractivity contribution < 1.29 is 17.9 Å². The Bertz CT molecular complexity index is 675. The first-order valence-electron chi connectivity index (χ1n) is 5.20. The van der Waals surface area contributed by atoms with Crippen molar-refractivity contribution in [3.05, 3.63) is 29.6 Å². The molecule has 0 unspecified atom stereocenters. The molecule has 2 rings (SSSR count). The van der Waals surface area contributed by atoms with Gasteiger partial charge in [0.1, 0.15) is 0 Å². The highest BCUT2D eigenvalue weighted by molar-refractivity contribution is 7.90.